The van der Waals surface area contributed by atoms with Gasteiger partial charge in [0.1, 0.15) is 0 Å². The number of rotatable bonds is 6. The van der Waals surface area contributed by atoms with Crippen LogP contribution in [0.5, 0.6) is 0 Å². The number of carbonyl (C=O) groups excluding carboxylic acids is 1. The van der Waals surface area contributed by atoms with E-state index < -0.39 is 5.97 Å². The van der Waals surface area contributed by atoms with Crippen LogP contribution in [0.1, 0.15) is 47.1 Å². The number of nitrogens with one attached hydrogen (secondary N) is 1. The molecule has 1 aromatic heterocycles. The van der Waals surface area contributed by atoms with Gasteiger partial charge in [-0.25, -0.2) is 4.79 Å². The molecule has 0 spiro atoms. The molecule has 0 aliphatic rings. The molecule has 6 heteroatoms. The highest BCUT2D eigenvalue weighted by Gasteiger charge is 2.08. The van der Waals surface area contributed by atoms with E-state index in [0.29, 0.717) is 5.76 Å². The maximum absolute atomic E-state index is 11.8. The fourth-order valence-corrected chi connectivity index (χ4v) is 1.83. The third-order valence-corrected chi connectivity index (χ3v) is 3.19. The first-order valence-corrected chi connectivity index (χ1v) is 7.20. The molecule has 1 heterocycles. The number of nitrogens with zero attached hydrogens (tertiary/aromatic N) is 1. The van der Waals surface area contributed by atoms with Crippen molar-refractivity contribution < 1.29 is 19.2 Å². The SMILES string of the molecule is CC(C)c1cc(CNC(=O)/C=C/c2ccc(C(=O)O)cc2)on1. The van der Waals surface area contributed by atoms with Crippen molar-refractivity contribution in [1.82, 2.24) is 10.5 Å². The Labute approximate surface area is 133 Å². The van der Waals surface area contributed by atoms with Gasteiger partial charge in [-0.2, -0.15) is 0 Å². The maximum atomic E-state index is 11.8. The van der Waals surface area contributed by atoms with Crippen molar-refractivity contribution in [3.05, 3.63) is 59.0 Å². The Morgan fingerprint density at radius 3 is 2.57 bits per heavy atom. The van der Waals surface area contributed by atoms with Crippen LogP contribution in [0.15, 0.2) is 40.9 Å². The molecule has 0 aliphatic heterocycles. The minimum Gasteiger partial charge on any atom is -0.478 e. The summed E-state index contributed by atoms with van der Waals surface area (Å²) < 4.78 is 5.13. The summed E-state index contributed by atoms with van der Waals surface area (Å²) in [7, 11) is 0. The van der Waals surface area contributed by atoms with Crippen LogP contribution in [-0.4, -0.2) is 22.1 Å². The van der Waals surface area contributed by atoms with Crippen LogP contribution in [0.4, 0.5) is 0 Å². The number of carboxylic acid groups (broad SMARTS) is 1. The Bertz CT molecular complexity index is 714. The summed E-state index contributed by atoms with van der Waals surface area (Å²) in [5.74, 6) is -0.376. The third-order valence-electron chi connectivity index (χ3n) is 3.19. The molecule has 2 N–H and O–H groups in total. The molecule has 120 valence electrons. The predicted octanol–water partition coefficient (Wildman–Crippen LogP) is 2.83. The normalized spacial score (nSPS) is 11.1. The van der Waals surface area contributed by atoms with Gasteiger partial charge >= 0.3 is 5.97 Å². The summed E-state index contributed by atoms with van der Waals surface area (Å²) in [6.07, 6.45) is 3.00. The van der Waals surface area contributed by atoms with Crippen LogP contribution in [0.3, 0.4) is 0 Å². The molecule has 1 amide bonds. The van der Waals surface area contributed by atoms with Crippen molar-refractivity contribution in [1.29, 1.82) is 0 Å². The van der Waals surface area contributed by atoms with Gasteiger partial charge < -0.3 is 14.9 Å². The van der Waals surface area contributed by atoms with E-state index in [0.717, 1.165) is 11.3 Å². The molecule has 1 aromatic carbocycles. The number of benzene rings is 1. The van der Waals surface area contributed by atoms with Gasteiger partial charge in [-0.05, 0) is 29.7 Å². The lowest BCUT2D eigenvalue weighted by Gasteiger charge is -1.98. The highest BCUT2D eigenvalue weighted by atomic mass is 16.5. The van der Waals surface area contributed by atoms with Gasteiger partial charge in [0.05, 0.1) is 17.8 Å². The number of hydrogen-bond acceptors (Lipinski definition) is 4. The molecule has 2 rings (SSSR count). The van der Waals surface area contributed by atoms with Crippen LogP contribution < -0.4 is 5.32 Å². The molecule has 0 unspecified atom stereocenters. The van der Waals surface area contributed by atoms with E-state index in [1.807, 2.05) is 19.9 Å². The van der Waals surface area contributed by atoms with Crippen LogP contribution >= 0.6 is 0 Å². The molecule has 0 atom stereocenters. The molecule has 2 aromatic rings. The Morgan fingerprint density at radius 1 is 1.30 bits per heavy atom. The minimum absolute atomic E-state index is 0.206. The lowest BCUT2D eigenvalue weighted by molar-refractivity contribution is -0.116. The Hall–Kier alpha value is -2.89. The number of amides is 1. The second-order valence-electron chi connectivity index (χ2n) is 5.35. The summed E-state index contributed by atoms with van der Waals surface area (Å²) in [5.41, 5.74) is 1.80. The Kier molecular flexibility index (Phi) is 5.30. The lowest BCUT2D eigenvalue weighted by atomic mass is 10.1. The fraction of sp³-hybridized carbons (Fsp3) is 0.235. The van der Waals surface area contributed by atoms with Gasteiger partial charge in [-0.1, -0.05) is 31.1 Å². The van der Waals surface area contributed by atoms with E-state index in [-0.39, 0.29) is 23.9 Å². The summed E-state index contributed by atoms with van der Waals surface area (Å²) in [4.78, 5) is 22.5. The maximum Gasteiger partial charge on any atom is 0.335 e. The Balaban J connectivity index is 1.87. The summed E-state index contributed by atoms with van der Waals surface area (Å²) in [6.45, 7) is 4.29. The molecule has 0 radical (unpaired) electrons. The second kappa shape index (κ2) is 7.40. The van der Waals surface area contributed by atoms with Gasteiger partial charge in [0.25, 0.3) is 0 Å². The number of aromatic nitrogens is 1. The lowest BCUT2D eigenvalue weighted by Crippen LogP contribution is -2.19. The van der Waals surface area contributed by atoms with E-state index >= 15 is 0 Å². The molecule has 6 nitrogen and oxygen atoms in total. The van der Waals surface area contributed by atoms with E-state index in [9.17, 15) is 9.59 Å². The van der Waals surface area contributed by atoms with Crippen molar-refractivity contribution in [3.63, 3.8) is 0 Å². The van der Waals surface area contributed by atoms with Gasteiger partial charge in [0.2, 0.25) is 5.91 Å². The van der Waals surface area contributed by atoms with Crippen LogP contribution in [0, 0.1) is 0 Å². The minimum atomic E-state index is -0.980. The highest BCUT2D eigenvalue weighted by molar-refractivity contribution is 5.92. The first kappa shape index (κ1) is 16.5. The van der Waals surface area contributed by atoms with Gasteiger partial charge in [-0.3, -0.25) is 4.79 Å². The van der Waals surface area contributed by atoms with Crippen LogP contribution in [-0.2, 0) is 11.3 Å². The number of hydrogen-bond donors (Lipinski definition) is 2. The molecule has 0 bridgehead atoms. The average Bonchev–Trinajstić information content (AvgIpc) is 3.00. The van der Waals surface area contributed by atoms with E-state index in [2.05, 4.69) is 10.5 Å². The Morgan fingerprint density at radius 2 is 2.00 bits per heavy atom. The quantitative estimate of drug-likeness (QED) is 0.800. The molecular weight excluding hydrogens is 296 g/mol. The monoisotopic (exact) mass is 314 g/mol. The second-order valence-corrected chi connectivity index (χ2v) is 5.35. The first-order chi connectivity index (χ1) is 11.0. The van der Waals surface area contributed by atoms with Crippen molar-refractivity contribution in [2.24, 2.45) is 0 Å². The number of aromatic carboxylic acids is 1. The van der Waals surface area contributed by atoms with Crippen molar-refractivity contribution in [2.75, 3.05) is 0 Å². The average molecular weight is 314 g/mol. The van der Waals surface area contributed by atoms with Crippen LogP contribution in [0.2, 0.25) is 0 Å². The smallest absolute Gasteiger partial charge is 0.335 e. The van der Waals surface area contributed by atoms with Crippen LogP contribution in [0.25, 0.3) is 6.08 Å². The van der Waals surface area contributed by atoms with Crippen molar-refractivity contribution >= 4 is 18.0 Å². The zero-order valence-electron chi connectivity index (χ0n) is 12.9. The first-order valence-electron chi connectivity index (χ1n) is 7.20. The van der Waals surface area contributed by atoms with E-state index in [4.69, 9.17) is 9.63 Å². The zero-order chi connectivity index (χ0) is 16.8. The molecule has 0 saturated carbocycles. The molecule has 0 saturated heterocycles. The highest BCUT2D eigenvalue weighted by Crippen LogP contribution is 2.13. The predicted molar refractivity (Wildman–Crippen MR) is 84.9 cm³/mol. The molecule has 23 heavy (non-hydrogen) atoms. The van der Waals surface area contributed by atoms with E-state index in [1.54, 1.807) is 18.2 Å². The summed E-state index contributed by atoms with van der Waals surface area (Å²) in [5, 5.41) is 15.4. The molecule has 0 fully saturated rings. The van der Waals surface area contributed by atoms with Gasteiger partial charge in [0.15, 0.2) is 5.76 Å². The summed E-state index contributed by atoms with van der Waals surface area (Å²) in [6, 6.07) is 8.07. The largest absolute Gasteiger partial charge is 0.478 e. The van der Waals surface area contributed by atoms with Crippen molar-refractivity contribution in [3.8, 4) is 0 Å². The fourth-order valence-electron chi connectivity index (χ4n) is 1.83. The molecule has 0 aliphatic carbocycles. The number of carboxylic acids is 1. The van der Waals surface area contributed by atoms with Crippen molar-refractivity contribution in [2.45, 2.75) is 26.3 Å². The zero-order valence-corrected chi connectivity index (χ0v) is 12.9. The van der Waals surface area contributed by atoms with Gasteiger partial charge in [0, 0.05) is 12.1 Å². The van der Waals surface area contributed by atoms with Gasteiger partial charge in [-0.15, -0.1) is 0 Å². The van der Waals surface area contributed by atoms with E-state index in [1.165, 1.54) is 18.2 Å². The standard InChI is InChI=1S/C17H18N2O4/c1-11(2)15-9-14(23-19-15)10-18-16(20)8-5-12-3-6-13(7-4-12)17(21)22/h3-9,11H,10H2,1-2H3,(H,18,20)(H,21,22)/b8-5+. The molecular formula is C17H18N2O4. The summed E-state index contributed by atoms with van der Waals surface area (Å²) >= 11 is 0. The number of carbonyl (C=O) groups is 2. The third kappa shape index (κ3) is 4.81. The topological polar surface area (TPSA) is 92.4 Å².